The third-order valence-corrected chi connectivity index (χ3v) is 2.96. The monoisotopic (exact) mass is 337 g/mol. The number of methoxy groups -OCH3 is 1. The molecule has 0 aliphatic carbocycles. The lowest BCUT2D eigenvalue weighted by atomic mass is 10.1. The number of aryl methyl sites for hydroxylation is 1. The number of carbonyl (C=O) groups is 1. The van der Waals surface area contributed by atoms with Crippen molar-refractivity contribution >= 4 is 36.4 Å². The van der Waals surface area contributed by atoms with E-state index in [9.17, 15) is 4.79 Å². The van der Waals surface area contributed by atoms with E-state index in [-0.39, 0.29) is 30.7 Å². The first-order valence-electron chi connectivity index (χ1n) is 6.36. The maximum absolute atomic E-state index is 12.0. The number of hydrogen-bond acceptors (Lipinski definition) is 4. The fraction of sp³-hybridized carbons (Fsp3) is 0.500. The Balaban J connectivity index is 0. The van der Waals surface area contributed by atoms with Gasteiger partial charge in [-0.1, -0.05) is 6.07 Å². The van der Waals surface area contributed by atoms with Crippen LogP contribution in [0.4, 0.5) is 5.69 Å². The summed E-state index contributed by atoms with van der Waals surface area (Å²) in [6.07, 6.45) is 0. The van der Waals surface area contributed by atoms with Gasteiger partial charge in [-0.25, -0.2) is 0 Å². The first-order chi connectivity index (χ1) is 9.04. The highest BCUT2D eigenvalue weighted by Gasteiger charge is 2.09. The summed E-state index contributed by atoms with van der Waals surface area (Å²) < 4.78 is 5.00. The molecule has 0 spiro atoms. The Morgan fingerprint density at radius 1 is 1.33 bits per heavy atom. The van der Waals surface area contributed by atoms with Gasteiger partial charge in [0.25, 0.3) is 5.91 Å². The maximum atomic E-state index is 12.0. The van der Waals surface area contributed by atoms with Gasteiger partial charge >= 0.3 is 0 Å². The Hall–Kier alpha value is -1.01. The minimum absolute atomic E-state index is 0. The fourth-order valence-corrected chi connectivity index (χ4v) is 1.70. The zero-order chi connectivity index (χ0) is 14.3. The SMILES string of the molecule is COCCN(C)CCNC(=O)c1cc(N)ccc1C.Cl.Cl. The van der Waals surface area contributed by atoms with Crippen LogP contribution in [0.1, 0.15) is 15.9 Å². The fourth-order valence-electron chi connectivity index (χ4n) is 1.70. The second-order valence-electron chi connectivity index (χ2n) is 4.63. The molecule has 21 heavy (non-hydrogen) atoms. The molecular weight excluding hydrogens is 313 g/mol. The molecule has 0 atom stereocenters. The summed E-state index contributed by atoms with van der Waals surface area (Å²) in [5.41, 5.74) is 7.87. The van der Waals surface area contributed by atoms with Gasteiger partial charge in [-0.2, -0.15) is 0 Å². The molecule has 0 aromatic heterocycles. The van der Waals surface area contributed by atoms with Crippen molar-refractivity contribution in [3.63, 3.8) is 0 Å². The second kappa shape index (κ2) is 11.6. The highest BCUT2D eigenvalue weighted by molar-refractivity contribution is 5.96. The maximum Gasteiger partial charge on any atom is 0.251 e. The Morgan fingerprint density at radius 2 is 2.00 bits per heavy atom. The van der Waals surface area contributed by atoms with Crippen LogP contribution in [0.2, 0.25) is 0 Å². The molecule has 0 aliphatic rings. The predicted molar refractivity (Wildman–Crippen MR) is 91.8 cm³/mol. The Kier molecular flexibility index (Phi) is 12.3. The molecule has 1 aromatic rings. The molecule has 0 heterocycles. The number of benzene rings is 1. The molecule has 0 fully saturated rings. The van der Waals surface area contributed by atoms with E-state index in [4.69, 9.17) is 10.5 Å². The molecule has 0 bridgehead atoms. The molecule has 1 rings (SSSR count). The van der Waals surface area contributed by atoms with Crippen LogP contribution < -0.4 is 11.1 Å². The largest absolute Gasteiger partial charge is 0.399 e. The van der Waals surface area contributed by atoms with Crippen molar-refractivity contribution in [1.82, 2.24) is 10.2 Å². The van der Waals surface area contributed by atoms with E-state index in [1.54, 1.807) is 19.2 Å². The van der Waals surface area contributed by atoms with Crippen molar-refractivity contribution < 1.29 is 9.53 Å². The number of anilines is 1. The van der Waals surface area contributed by atoms with Crippen molar-refractivity contribution in [2.45, 2.75) is 6.92 Å². The number of likely N-dealkylation sites (N-methyl/N-ethyl adjacent to an activating group) is 1. The number of carbonyl (C=O) groups excluding carboxylic acids is 1. The van der Waals surface area contributed by atoms with Gasteiger partial charge in [-0.15, -0.1) is 24.8 Å². The summed E-state index contributed by atoms with van der Waals surface area (Å²) in [6.45, 7) is 4.84. The van der Waals surface area contributed by atoms with Gasteiger partial charge in [-0.3, -0.25) is 4.79 Å². The number of rotatable bonds is 7. The quantitative estimate of drug-likeness (QED) is 0.743. The molecule has 0 saturated heterocycles. The normalized spacial score (nSPS) is 9.71. The van der Waals surface area contributed by atoms with Gasteiger partial charge in [0.15, 0.2) is 0 Å². The van der Waals surface area contributed by atoms with Crippen molar-refractivity contribution in [3.8, 4) is 0 Å². The van der Waals surface area contributed by atoms with E-state index in [2.05, 4.69) is 10.2 Å². The van der Waals surface area contributed by atoms with E-state index in [0.717, 1.165) is 18.7 Å². The number of nitrogens with zero attached hydrogens (tertiary/aromatic N) is 1. The number of nitrogen functional groups attached to an aromatic ring is 1. The minimum atomic E-state index is -0.0788. The summed E-state index contributed by atoms with van der Waals surface area (Å²) in [7, 11) is 3.68. The third-order valence-electron chi connectivity index (χ3n) is 2.96. The van der Waals surface area contributed by atoms with Gasteiger partial charge in [0, 0.05) is 38.0 Å². The van der Waals surface area contributed by atoms with Crippen molar-refractivity contribution in [2.24, 2.45) is 0 Å². The van der Waals surface area contributed by atoms with Gasteiger partial charge in [-0.05, 0) is 31.7 Å². The Bertz CT molecular complexity index is 431. The third kappa shape index (κ3) is 8.12. The number of amides is 1. The zero-order valence-corrected chi connectivity index (χ0v) is 14.4. The predicted octanol–water partition coefficient (Wildman–Crippen LogP) is 1.73. The second-order valence-corrected chi connectivity index (χ2v) is 4.63. The molecule has 3 N–H and O–H groups in total. The van der Waals surface area contributed by atoms with Gasteiger partial charge in [0.1, 0.15) is 0 Å². The van der Waals surface area contributed by atoms with Crippen LogP contribution in [0.5, 0.6) is 0 Å². The summed E-state index contributed by atoms with van der Waals surface area (Å²) >= 11 is 0. The first-order valence-corrected chi connectivity index (χ1v) is 6.36. The van der Waals surface area contributed by atoms with Crippen LogP contribution in [0.15, 0.2) is 18.2 Å². The first kappa shape index (κ1) is 22.3. The summed E-state index contributed by atoms with van der Waals surface area (Å²) in [6, 6.07) is 5.36. The summed E-state index contributed by atoms with van der Waals surface area (Å²) in [5.74, 6) is -0.0788. The van der Waals surface area contributed by atoms with Gasteiger partial charge in [0.2, 0.25) is 0 Å². The zero-order valence-electron chi connectivity index (χ0n) is 12.7. The molecule has 0 unspecified atom stereocenters. The van der Waals surface area contributed by atoms with E-state index < -0.39 is 0 Å². The molecule has 0 radical (unpaired) electrons. The number of halogens is 2. The van der Waals surface area contributed by atoms with Gasteiger partial charge < -0.3 is 20.7 Å². The van der Waals surface area contributed by atoms with Crippen LogP contribution in [0.3, 0.4) is 0 Å². The highest BCUT2D eigenvalue weighted by atomic mass is 35.5. The smallest absolute Gasteiger partial charge is 0.251 e. The molecule has 5 nitrogen and oxygen atoms in total. The van der Waals surface area contributed by atoms with E-state index in [0.29, 0.717) is 24.4 Å². The van der Waals surface area contributed by atoms with Crippen molar-refractivity contribution in [3.05, 3.63) is 29.3 Å². The lowest BCUT2D eigenvalue weighted by Gasteiger charge is -2.16. The molecule has 7 heteroatoms. The van der Waals surface area contributed by atoms with E-state index in [1.807, 2.05) is 20.0 Å². The molecule has 1 amide bonds. The highest BCUT2D eigenvalue weighted by Crippen LogP contribution is 2.12. The molecule has 122 valence electrons. The van der Waals surface area contributed by atoms with Crippen molar-refractivity contribution in [1.29, 1.82) is 0 Å². The molecule has 0 aliphatic heterocycles. The van der Waals surface area contributed by atoms with Crippen LogP contribution >= 0.6 is 24.8 Å². The van der Waals surface area contributed by atoms with Crippen LogP contribution in [0.25, 0.3) is 0 Å². The Labute approximate surface area is 139 Å². The van der Waals surface area contributed by atoms with Crippen LogP contribution in [-0.4, -0.2) is 51.2 Å². The lowest BCUT2D eigenvalue weighted by Crippen LogP contribution is -2.34. The number of nitrogens with one attached hydrogen (secondary N) is 1. The number of ether oxygens (including phenoxy) is 1. The molecular formula is C14H25Cl2N3O2. The Morgan fingerprint density at radius 3 is 2.62 bits per heavy atom. The topological polar surface area (TPSA) is 67.6 Å². The molecule has 1 aromatic carbocycles. The number of nitrogens with two attached hydrogens (primary N) is 1. The summed E-state index contributed by atoms with van der Waals surface area (Å²) in [4.78, 5) is 14.1. The summed E-state index contributed by atoms with van der Waals surface area (Å²) in [5, 5.41) is 2.90. The standard InChI is InChI=1S/C14H23N3O2.2ClH/c1-11-4-5-12(15)10-13(11)14(18)16-6-7-17(2)8-9-19-3;;/h4-5,10H,6-9,15H2,1-3H3,(H,16,18);2*1H. The van der Waals surface area contributed by atoms with Crippen LogP contribution in [-0.2, 0) is 4.74 Å². The lowest BCUT2D eigenvalue weighted by molar-refractivity contribution is 0.0947. The average Bonchev–Trinajstić information content (AvgIpc) is 2.39. The average molecular weight is 338 g/mol. The molecule has 0 saturated carbocycles. The van der Waals surface area contributed by atoms with Crippen LogP contribution in [0, 0.1) is 6.92 Å². The number of hydrogen-bond donors (Lipinski definition) is 2. The van der Waals surface area contributed by atoms with Gasteiger partial charge in [0.05, 0.1) is 6.61 Å². The minimum Gasteiger partial charge on any atom is -0.399 e. The van der Waals surface area contributed by atoms with E-state index in [1.165, 1.54) is 0 Å². The van der Waals surface area contributed by atoms with E-state index >= 15 is 0 Å². The van der Waals surface area contributed by atoms with Crippen molar-refractivity contribution in [2.75, 3.05) is 46.1 Å².